The van der Waals surface area contributed by atoms with Gasteiger partial charge in [-0.05, 0) is 70.0 Å². The van der Waals surface area contributed by atoms with Crippen LogP contribution in [-0.4, -0.2) is 62.8 Å². The van der Waals surface area contributed by atoms with Gasteiger partial charge < -0.3 is 20.1 Å². The Bertz CT molecular complexity index is 1280. The molecular formula is C29H36N4O5. The van der Waals surface area contributed by atoms with E-state index in [-0.39, 0.29) is 12.3 Å². The molecule has 2 aromatic carbocycles. The predicted octanol–water partition coefficient (Wildman–Crippen LogP) is 3.35. The Morgan fingerprint density at radius 2 is 1.79 bits per heavy atom. The molecule has 4 rings (SSSR count). The third-order valence-corrected chi connectivity index (χ3v) is 6.87. The number of aliphatic hydroxyl groups is 1. The summed E-state index contributed by atoms with van der Waals surface area (Å²) in [6.45, 7) is 7.55. The molecule has 2 amide bonds. The summed E-state index contributed by atoms with van der Waals surface area (Å²) < 4.78 is 6.01. The number of amides is 2. The normalized spacial score (nSPS) is 15.7. The molecule has 0 saturated carbocycles. The average Bonchev–Trinajstić information content (AvgIpc) is 2.88. The molecule has 3 aromatic rings. The molecule has 0 atom stereocenters. The predicted molar refractivity (Wildman–Crippen MR) is 144 cm³/mol. The van der Waals surface area contributed by atoms with Gasteiger partial charge >= 0.3 is 0 Å². The number of carbonyl (C=O) groups excluding carboxylic acids is 2. The van der Waals surface area contributed by atoms with Crippen LogP contribution in [0.25, 0.3) is 10.9 Å². The van der Waals surface area contributed by atoms with Gasteiger partial charge in [-0.15, -0.1) is 0 Å². The van der Waals surface area contributed by atoms with Crippen molar-refractivity contribution < 1.29 is 24.6 Å². The summed E-state index contributed by atoms with van der Waals surface area (Å²) in [5.74, 6) is -0.216. The van der Waals surface area contributed by atoms with Gasteiger partial charge in [-0.3, -0.25) is 19.8 Å². The van der Waals surface area contributed by atoms with Gasteiger partial charge in [-0.25, -0.2) is 5.48 Å². The van der Waals surface area contributed by atoms with Crippen LogP contribution in [0.3, 0.4) is 0 Å². The SMILES string of the molecule is Cc1cc(COc2ccc(C(=O)NC3(CC(=O)NO)CCN(CC(C)(C)O)CC3)cc2)c2ccccc2n1. The second kappa shape index (κ2) is 11.5. The fourth-order valence-corrected chi connectivity index (χ4v) is 5.07. The minimum Gasteiger partial charge on any atom is -0.489 e. The Kier molecular flexibility index (Phi) is 8.30. The van der Waals surface area contributed by atoms with E-state index in [1.165, 1.54) is 0 Å². The summed E-state index contributed by atoms with van der Waals surface area (Å²) in [4.78, 5) is 31.9. The Labute approximate surface area is 222 Å². The molecule has 1 aliphatic heterocycles. The zero-order valence-corrected chi connectivity index (χ0v) is 22.2. The largest absolute Gasteiger partial charge is 0.489 e. The molecule has 9 heteroatoms. The van der Waals surface area contributed by atoms with Gasteiger partial charge in [0.15, 0.2) is 0 Å². The van der Waals surface area contributed by atoms with Gasteiger partial charge in [0.2, 0.25) is 5.91 Å². The Morgan fingerprint density at radius 3 is 2.45 bits per heavy atom. The monoisotopic (exact) mass is 520 g/mol. The molecule has 202 valence electrons. The molecule has 0 spiro atoms. The summed E-state index contributed by atoms with van der Waals surface area (Å²) in [7, 11) is 0. The lowest BCUT2D eigenvalue weighted by Crippen LogP contribution is -2.58. The molecular weight excluding hydrogens is 484 g/mol. The number of hydrogen-bond donors (Lipinski definition) is 4. The first kappa shape index (κ1) is 27.5. The van der Waals surface area contributed by atoms with Crippen LogP contribution < -0.4 is 15.5 Å². The molecule has 0 unspecified atom stereocenters. The van der Waals surface area contributed by atoms with Crippen LogP contribution in [0, 0.1) is 6.92 Å². The van der Waals surface area contributed by atoms with Gasteiger partial charge in [0, 0.05) is 41.8 Å². The van der Waals surface area contributed by atoms with E-state index in [0.29, 0.717) is 50.4 Å². The highest BCUT2D eigenvalue weighted by Crippen LogP contribution is 2.28. The number of carbonyl (C=O) groups is 2. The van der Waals surface area contributed by atoms with Crippen molar-refractivity contribution in [2.75, 3.05) is 19.6 Å². The minimum absolute atomic E-state index is 0.0356. The van der Waals surface area contributed by atoms with E-state index >= 15 is 0 Å². The number of piperidine rings is 1. The maximum Gasteiger partial charge on any atom is 0.251 e. The van der Waals surface area contributed by atoms with Crippen LogP contribution in [0.4, 0.5) is 0 Å². The van der Waals surface area contributed by atoms with Crippen molar-refractivity contribution in [1.82, 2.24) is 20.7 Å². The van der Waals surface area contributed by atoms with E-state index in [0.717, 1.165) is 22.2 Å². The third-order valence-electron chi connectivity index (χ3n) is 6.87. The number of aromatic nitrogens is 1. The molecule has 0 radical (unpaired) electrons. The van der Waals surface area contributed by atoms with E-state index in [1.807, 2.05) is 37.3 Å². The van der Waals surface area contributed by atoms with Crippen molar-refractivity contribution >= 4 is 22.7 Å². The molecule has 9 nitrogen and oxygen atoms in total. The van der Waals surface area contributed by atoms with Crippen molar-refractivity contribution in [3.8, 4) is 5.75 Å². The fourth-order valence-electron chi connectivity index (χ4n) is 5.07. The molecule has 38 heavy (non-hydrogen) atoms. The van der Waals surface area contributed by atoms with E-state index in [9.17, 15) is 14.7 Å². The van der Waals surface area contributed by atoms with Crippen molar-refractivity contribution in [1.29, 1.82) is 0 Å². The summed E-state index contributed by atoms with van der Waals surface area (Å²) in [6.07, 6.45) is 0.998. The zero-order chi connectivity index (χ0) is 27.3. The molecule has 2 heterocycles. The van der Waals surface area contributed by atoms with Crippen LogP contribution in [0.2, 0.25) is 0 Å². The maximum absolute atomic E-state index is 13.2. The maximum atomic E-state index is 13.2. The standard InChI is InChI=1S/C29H36N4O5/c1-20-16-22(24-6-4-5-7-25(24)30-20)18-38-23-10-8-21(9-11-23)27(35)31-29(17-26(34)32-37)12-14-33(15-13-29)19-28(2,3)36/h4-11,16,36-37H,12-15,17-19H2,1-3H3,(H,31,35)(H,32,34). The zero-order valence-electron chi connectivity index (χ0n) is 22.2. The Morgan fingerprint density at radius 1 is 1.11 bits per heavy atom. The Hall–Kier alpha value is -3.53. The smallest absolute Gasteiger partial charge is 0.251 e. The second-order valence-electron chi connectivity index (χ2n) is 10.8. The Balaban J connectivity index is 1.41. The number of para-hydroxylation sites is 1. The van der Waals surface area contributed by atoms with Crippen LogP contribution in [0.5, 0.6) is 5.75 Å². The van der Waals surface area contributed by atoms with Gasteiger partial charge in [0.05, 0.1) is 23.1 Å². The number of benzene rings is 2. The van der Waals surface area contributed by atoms with E-state index in [4.69, 9.17) is 9.94 Å². The number of nitrogens with one attached hydrogen (secondary N) is 2. The number of fused-ring (bicyclic) bond motifs is 1. The molecule has 0 bridgehead atoms. The number of likely N-dealkylation sites (tertiary alicyclic amines) is 1. The summed E-state index contributed by atoms with van der Waals surface area (Å²) in [6, 6.07) is 16.9. The highest BCUT2D eigenvalue weighted by Gasteiger charge is 2.39. The highest BCUT2D eigenvalue weighted by molar-refractivity contribution is 5.95. The minimum atomic E-state index is -0.834. The lowest BCUT2D eigenvalue weighted by Gasteiger charge is -2.43. The number of nitrogens with zero attached hydrogens (tertiary/aromatic N) is 2. The average molecular weight is 521 g/mol. The summed E-state index contributed by atoms with van der Waals surface area (Å²) in [5.41, 5.74) is 3.38. The van der Waals surface area contributed by atoms with Crippen molar-refractivity contribution in [2.45, 2.75) is 57.8 Å². The molecule has 1 aromatic heterocycles. The first-order chi connectivity index (χ1) is 18.1. The van der Waals surface area contributed by atoms with Crippen LogP contribution in [0.1, 0.15) is 54.7 Å². The third kappa shape index (κ3) is 7.06. The highest BCUT2D eigenvalue weighted by atomic mass is 16.5. The summed E-state index contributed by atoms with van der Waals surface area (Å²) in [5, 5.41) is 23.3. The van der Waals surface area contributed by atoms with E-state index in [1.54, 1.807) is 43.6 Å². The topological polar surface area (TPSA) is 124 Å². The lowest BCUT2D eigenvalue weighted by molar-refractivity contribution is -0.131. The second-order valence-corrected chi connectivity index (χ2v) is 10.8. The van der Waals surface area contributed by atoms with Crippen LogP contribution in [-0.2, 0) is 11.4 Å². The molecule has 1 aliphatic rings. The van der Waals surface area contributed by atoms with E-state index in [2.05, 4.69) is 15.2 Å². The summed E-state index contributed by atoms with van der Waals surface area (Å²) >= 11 is 0. The van der Waals surface area contributed by atoms with Crippen LogP contribution in [0.15, 0.2) is 54.6 Å². The number of β-amino-alcohol motifs (C(OH)–C–C–N with tert-alkyl or cyclic N) is 1. The number of hydroxylamine groups is 1. The first-order valence-electron chi connectivity index (χ1n) is 12.8. The number of hydrogen-bond acceptors (Lipinski definition) is 7. The van der Waals surface area contributed by atoms with Gasteiger partial charge in [-0.2, -0.15) is 0 Å². The molecule has 1 saturated heterocycles. The fraction of sp³-hybridized carbons (Fsp3) is 0.414. The van der Waals surface area contributed by atoms with Crippen molar-refractivity contribution in [3.05, 3.63) is 71.4 Å². The number of aryl methyl sites for hydroxylation is 1. The lowest BCUT2D eigenvalue weighted by atomic mass is 9.83. The number of ether oxygens (including phenoxy) is 1. The van der Waals surface area contributed by atoms with Crippen LogP contribution >= 0.6 is 0 Å². The van der Waals surface area contributed by atoms with E-state index < -0.39 is 17.0 Å². The molecule has 4 N–H and O–H groups in total. The van der Waals surface area contributed by atoms with Gasteiger partial charge in [0.1, 0.15) is 12.4 Å². The quantitative estimate of drug-likeness (QED) is 0.252. The van der Waals surface area contributed by atoms with Gasteiger partial charge in [-0.1, -0.05) is 18.2 Å². The molecule has 0 aliphatic carbocycles. The molecule has 1 fully saturated rings. The van der Waals surface area contributed by atoms with Crippen molar-refractivity contribution in [2.24, 2.45) is 0 Å². The number of pyridine rings is 1. The first-order valence-corrected chi connectivity index (χ1v) is 12.8. The van der Waals surface area contributed by atoms with Crippen molar-refractivity contribution in [3.63, 3.8) is 0 Å². The number of rotatable bonds is 9. The van der Waals surface area contributed by atoms with Gasteiger partial charge in [0.25, 0.3) is 5.91 Å².